The number of nitrogens with zero attached hydrogens (tertiary/aromatic N) is 6. The average Bonchev–Trinajstić information content (AvgIpc) is 3.18. The molecule has 0 saturated heterocycles. The highest BCUT2D eigenvalue weighted by atomic mass is 19.4. The van der Waals surface area contributed by atoms with Crippen LogP contribution >= 0.6 is 0 Å². The Morgan fingerprint density at radius 3 is 2.26 bits per heavy atom. The molecule has 4 rings (SSSR count). The molecule has 0 aliphatic heterocycles. The predicted octanol–water partition coefficient (Wildman–Crippen LogP) is 6.47. The van der Waals surface area contributed by atoms with Crippen LogP contribution < -0.4 is 0 Å². The zero-order valence-corrected chi connectivity index (χ0v) is 20.6. The van der Waals surface area contributed by atoms with Gasteiger partial charge in [0, 0.05) is 36.5 Å². The van der Waals surface area contributed by atoms with E-state index in [4.69, 9.17) is 10.2 Å². The van der Waals surface area contributed by atoms with E-state index >= 15 is 0 Å². The lowest BCUT2D eigenvalue weighted by Gasteiger charge is -2.15. The molecular weight excluding hydrogens is 441 g/mol. The van der Waals surface area contributed by atoms with E-state index in [2.05, 4.69) is 55.8 Å². The maximum absolute atomic E-state index is 12.6. The van der Waals surface area contributed by atoms with Crippen molar-refractivity contribution < 1.29 is 13.2 Å². The van der Waals surface area contributed by atoms with Gasteiger partial charge in [-0.25, -0.2) is 0 Å². The smallest absolute Gasteiger partial charge is 0.270 e. The zero-order chi connectivity index (χ0) is 24.6. The predicted molar refractivity (Wildman–Crippen MR) is 125 cm³/mol. The highest BCUT2D eigenvalue weighted by molar-refractivity contribution is 5.14. The van der Waals surface area contributed by atoms with E-state index in [0.717, 1.165) is 35.3 Å². The van der Waals surface area contributed by atoms with E-state index in [1.165, 1.54) is 6.20 Å². The number of halogens is 3. The minimum absolute atomic E-state index is 0.0928. The Morgan fingerprint density at radius 1 is 0.882 bits per heavy atom. The van der Waals surface area contributed by atoms with E-state index in [9.17, 15) is 13.2 Å². The van der Waals surface area contributed by atoms with Crippen molar-refractivity contribution in [1.82, 2.24) is 29.3 Å². The molecule has 0 aromatic carbocycles. The quantitative estimate of drug-likeness (QED) is 0.337. The monoisotopic (exact) mass is 476 g/mol. The molecule has 1 saturated carbocycles. The lowest BCUT2D eigenvalue weighted by Crippen LogP contribution is -2.18. The maximum atomic E-state index is 12.6. The summed E-state index contributed by atoms with van der Waals surface area (Å²) >= 11 is 0. The van der Waals surface area contributed by atoms with Crippen molar-refractivity contribution in [3.8, 4) is 0 Å². The molecule has 3 aromatic rings. The lowest BCUT2D eigenvalue weighted by molar-refractivity contribution is -0.142. The second kappa shape index (κ2) is 9.58. The number of rotatable bonds is 10. The van der Waals surface area contributed by atoms with Crippen molar-refractivity contribution in [3.05, 3.63) is 53.9 Å². The summed E-state index contributed by atoms with van der Waals surface area (Å²) in [5, 5.41) is 13.7. The molecule has 1 aliphatic carbocycles. The maximum Gasteiger partial charge on any atom is 0.408 e. The van der Waals surface area contributed by atoms with Gasteiger partial charge in [-0.15, -0.1) is 0 Å². The van der Waals surface area contributed by atoms with Crippen molar-refractivity contribution >= 4 is 0 Å². The summed E-state index contributed by atoms with van der Waals surface area (Å²) in [5.41, 5.74) is 2.92. The Kier molecular flexibility index (Phi) is 6.92. The van der Waals surface area contributed by atoms with Gasteiger partial charge < -0.3 is 0 Å². The molecule has 34 heavy (non-hydrogen) atoms. The van der Waals surface area contributed by atoms with Crippen molar-refractivity contribution in [2.24, 2.45) is 5.92 Å². The lowest BCUT2D eigenvalue weighted by atomic mass is 9.99. The van der Waals surface area contributed by atoms with Crippen LogP contribution in [0.1, 0.15) is 101 Å². The van der Waals surface area contributed by atoms with E-state index in [-0.39, 0.29) is 12.0 Å². The van der Waals surface area contributed by atoms with Crippen LogP contribution in [0.5, 0.6) is 0 Å². The molecule has 0 radical (unpaired) electrons. The molecule has 6 nitrogen and oxygen atoms in total. The molecular formula is C25H35F3N6. The summed E-state index contributed by atoms with van der Waals surface area (Å²) in [6, 6.07) is 6.51. The van der Waals surface area contributed by atoms with Gasteiger partial charge in [-0.3, -0.25) is 14.0 Å². The number of hydrogen-bond donors (Lipinski definition) is 0. The van der Waals surface area contributed by atoms with E-state index < -0.39 is 12.7 Å². The second-order valence-corrected chi connectivity index (χ2v) is 10.2. The molecule has 3 aromatic heterocycles. The first kappa shape index (κ1) is 24.5. The first-order valence-electron chi connectivity index (χ1n) is 12.2. The summed E-state index contributed by atoms with van der Waals surface area (Å²) in [5.74, 6) is 1.21. The van der Waals surface area contributed by atoms with Crippen molar-refractivity contribution in [2.45, 2.75) is 96.4 Å². The van der Waals surface area contributed by atoms with Gasteiger partial charge in [0.05, 0.1) is 23.1 Å². The Morgan fingerprint density at radius 2 is 1.59 bits per heavy atom. The standard InChI is InChI=1S/C25H35F3N6/c1-16(2)21-9-12-33(30-21)18(4)7-6-17(3)22-10-13-34(31-22)24-14-20(24)19(5)23-8-11-32(29-23)15-25(26,27)28/h8-13,16-20,24H,6-7,14-15H2,1-5H3. The van der Waals surface area contributed by atoms with Crippen molar-refractivity contribution in [1.29, 1.82) is 0 Å². The Labute approximate surface area is 199 Å². The van der Waals surface area contributed by atoms with Crippen LogP contribution in [0.4, 0.5) is 13.2 Å². The molecule has 0 amide bonds. The van der Waals surface area contributed by atoms with E-state index in [1.54, 1.807) is 6.07 Å². The van der Waals surface area contributed by atoms with Crippen LogP contribution in [-0.2, 0) is 6.54 Å². The number of alkyl halides is 3. The average molecular weight is 477 g/mol. The Hall–Kier alpha value is -2.58. The highest BCUT2D eigenvalue weighted by Gasteiger charge is 2.44. The highest BCUT2D eigenvalue weighted by Crippen LogP contribution is 2.51. The third kappa shape index (κ3) is 5.73. The van der Waals surface area contributed by atoms with Crippen LogP contribution in [0.25, 0.3) is 0 Å². The van der Waals surface area contributed by atoms with Crippen LogP contribution in [-0.4, -0.2) is 35.5 Å². The fraction of sp³-hybridized carbons (Fsp3) is 0.640. The summed E-state index contributed by atoms with van der Waals surface area (Å²) in [7, 11) is 0. The summed E-state index contributed by atoms with van der Waals surface area (Å²) in [4.78, 5) is 0. The number of hydrogen-bond acceptors (Lipinski definition) is 3. The largest absolute Gasteiger partial charge is 0.408 e. The minimum Gasteiger partial charge on any atom is -0.270 e. The van der Waals surface area contributed by atoms with Crippen molar-refractivity contribution in [3.63, 3.8) is 0 Å². The molecule has 5 atom stereocenters. The molecule has 0 bridgehead atoms. The molecule has 1 fully saturated rings. The van der Waals surface area contributed by atoms with Crippen LogP contribution in [0.2, 0.25) is 0 Å². The third-order valence-corrected chi connectivity index (χ3v) is 7.08. The fourth-order valence-corrected chi connectivity index (χ4v) is 4.63. The molecule has 5 unspecified atom stereocenters. The van der Waals surface area contributed by atoms with Crippen LogP contribution in [0.3, 0.4) is 0 Å². The molecule has 3 heterocycles. The topological polar surface area (TPSA) is 53.5 Å². The summed E-state index contributed by atoms with van der Waals surface area (Å²) < 4.78 is 42.9. The van der Waals surface area contributed by atoms with Gasteiger partial charge in [-0.05, 0) is 56.2 Å². The van der Waals surface area contributed by atoms with E-state index in [1.807, 2.05) is 17.8 Å². The normalized spacial score (nSPS) is 21.1. The fourth-order valence-electron chi connectivity index (χ4n) is 4.63. The van der Waals surface area contributed by atoms with Crippen LogP contribution in [0, 0.1) is 5.92 Å². The zero-order valence-electron chi connectivity index (χ0n) is 20.6. The number of aromatic nitrogens is 6. The van der Waals surface area contributed by atoms with E-state index in [0.29, 0.717) is 29.5 Å². The van der Waals surface area contributed by atoms with Gasteiger partial charge in [-0.1, -0.05) is 27.7 Å². The Balaban J connectivity index is 1.29. The van der Waals surface area contributed by atoms with Gasteiger partial charge in [0.15, 0.2) is 0 Å². The minimum atomic E-state index is -4.26. The second-order valence-electron chi connectivity index (χ2n) is 10.2. The summed E-state index contributed by atoms with van der Waals surface area (Å²) in [6.07, 6.45) is 4.28. The van der Waals surface area contributed by atoms with Gasteiger partial charge in [-0.2, -0.15) is 28.5 Å². The molecule has 0 N–H and O–H groups in total. The van der Waals surface area contributed by atoms with Gasteiger partial charge in [0.25, 0.3) is 0 Å². The molecule has 1 aliphatic rings. The molecule has 0 spiro atoms. The Bertz CT molecular complexity index is 1080. The summed E-state index contributed by atoms with van der Waals surface area (Å²) in [6.45, 7) is 9.71. The molecule has 186 valence electrons. The van der Waals surface area contributed by atoms with Gasteiger partial charge in [0.1, 0.15) is 6.54 Å². The molecule has 9 heteroatoms. The van der Waals surface area contributed by atoms with Gasteiger partial charge in [0.2, 0.25) is 0 Å². The first-order valence-corrected chi connectivity index (χ1v) is 12.2. The van der Waals surface area contributed by atoms with Crippen molar-refractivity contribution in [2.75, 3.05) is 0 Å². The van der Waals surface area contributed by atoms with Gasteiger partial charge >= 0.3 is 6.18 Å². The SMILES string of the molecule is CC(C)c1ccn(C(C)CCC(C)c2ccn(C3CC3C(C)c3ccn(CC(F)(F)F)n3)n2)n1. The third-order valence-electron chi connectivity index (χ3n) is 7.08. The van der Waals surface area contributed by atoms with Crippen LogP contribution in [0.15, 0.2) is 36.8 Å². The first-order chi connectivity index (χ1) is 16.0.